The van der Waals surface area contributed by atoms with Crippen LogP contribution in [0.1, 0.15) is 23.1 Å². The number of Topliss-reactive ketones (excluding diaryl/α,β-unsaturated/α-hetero) is 1. The Morgan fingerprint density at radius 3 is 2.61 bits per heavy atom. The number of carbonyl (C=O) groups is 1. The molecule has 0 radical (unpaired) electrons. The van der Waals surface area contributed by atoms with E-state index in [2.05, 4.69) is 10.3 Å². The number of hydrogen-bond acceptors (Lipinski definition) is 3. The van der Waals surface area contributed by atoms with E-state index in [4.69, 9.17) is 0 Å². The Morgan fingerprint density at radius 1 is 1.33 bits per heavy atom. The number of aryl methyl sites for hydroxylation is 1. The summed E-state index contributed by atoms with van der Waals surface area (Å²) < 4.78 is 2.01. The molecule has 1 aromatic heterocycles. The van der Waals surface area contributed by atoms with Crippen molar-refractivity contribution in [1.82, 2.24) is 9.55 Å². The molecule has 0 bridgehead atoms. The van der Waals surface area contributed by atoms with Crippen molar-refractivity contribution < 1.29 is 4.79 Å². The molecule has 0 aliphatic carbocycles. The molecule has 0 spiro atoms. The number of nitrogens with zero attached hydrogens (tertiary/aromatic N) is 2. The van der Waals surface area contributed by atoms with Gasteiger partial charge in [0.2, 0.25) is 0 Å². The molecule has 0 fully saturated rings. The lowest BCUT2D eigenvalue weighted by atomic mass is 10.1. The molecule has 0 saturated carbocycles. The van der Waals surface area contributed by atoms with Crippen molar-refractivity contribution >= 4 is 11.5 Å². The maximum atomic E-state index is 11.1. The summed E-state index contributed by atoms with van der Waals surface area (Å²) in [5.74, 6) is 1.15. The van der Waals surface area contributed by atoms with Crippen LogP contribution in [-0.2, 0) is 13.5 Å². The first-order valence-electron chi connectivity index (χ1n) is 5.98. The van der Waals surface area contributed by atoms with E-state index >= 15 is 0 Å². The molecule has 1 heterocycles. The van der Waals surface area contributed by atoms with Crippen LogP contribution in [0.5, 0.6) is 0 Å². The lowest BCUT2D eigenvalue weighted by molar-refractivity contribution is 0.101. The second-order valence-corrected chi connectivity index (χ2v) is 4.26. The highest BCUT2D eigenvalue weighted by molar-refractivity contribution is 5.94. The Kier molecular flexibility index (Phi) is 3.77. The molecule has 4 heteroatoms. The van der Waals surface area contributed by atoms with E-state index in [-0.39, 0.29) is 5.78 Å². The van der Waals surface area contributed by atoms with Gasteiger partial charge in [0.25, 0.3) is 0 Å². The summed E-state index contributed by atoms with van der Waals surface area (Å²) in [6.07, 6.45) is 4.62. The lowest BCUT2D eigenvalue weighted by Crippen LogP contribution is -2.08. The number of ketones is 1. The van der Waals surface area contributed by atoms with Crippen LogP contribution < -0.4 is 5.32 Å². The number of nitrogens with one attached hydrogen (secondary N) is 1. The number of imidazole rings is 1. The molecule has 0 atom stereocenters. The summed E-state index contributed by atoms with van der Waals surface area (Å²) in [7, 11) is 1.99. The molecule has 0 unspecified atom stereocenters. The largest absolute Gasteiger partial charge is 0.385 e. The van der Waals surface area contributed by atoms with Crippen LogP contribution in [0.4, 0.5) is 5.69 Å². The normalized spacial score (nSPS) is 10.3. The second kappa shape index (κ2) is 5.49. The van der Waals surface area contributed by atoms with Crippen molar-refractivity contribution in [2.45, 2.75) is 13.3 Å². The molecule has 4 nitrogen and oxygen atoms in total. The Morgan fingerprint density at radius 2 is 2.06 bits per heavy atom. The molecule has 0 aliphatic heterocycles. The van der Waals surface area contributed by atoms with Gasteiger partial charge in [0.15, 0.2) is 5.78 Å². The van der Waals surface area contributed by atoms with Crippen LogP contribution in [-0.4, -0.2) is 21.9 Å². The van der Waals surface area contributed by atoms with E-state index in [1.807, 2.05) is 42.1 Å². The van der Waals surface area contributed by atoms with Gasteiger partial charge in [0.05, 0.1) is 0 Å². The Hall–Kier alpha value is -2.10. The van der Waals surface area contributed by atoms with Crippen molar-refractivity contribution in [2.24, 2.45) is 7.05 Å². The summed E-state index contributed by atoms with van der Waals surface area (Å²) in [4.78, 5) is 15.4. The first kappa shape index (κ1) is 12.4. The van der Waals surface area contributed by atoms with Gasteiger partial charge in [-0.1, -0.05) is 0 Å². The number of rotatable bonds is 5. The molecular formula is C14H17N3O. The molecule has 0 saturated heterocycles. The second-order valence-electron chi connectivity index (χ2n) is 4.26. The summed E-state index contributed by atoms with van der Waals surface area (Å²) >= 11 is 0. The number of hydrogen-bond donors (Lipinski definition) is 1. The Labute approximate surface area is 107 Å². The monoisotopic (exact) mass is 243 g/mol. The van der Waals surface area contributed by atoms with Crippen molar-refractivity contribution in [3.05, 3.63) is 48.0 Å². The quantitative estimate of drug-likeness (QED) is 0.819. The molecule has 1 N–H and O–H groups in total. The summed E-state index contributed by atoms with van der Waals surface area (Å²) in [5.41, 5.74) is 1.76. The minimum atomic E-state index is 0.0922. The van der Waals surface area contributed by atoms with E-state index in [0.29, 0.717) is 0 Å². The zero-order valence-corrected chi connectivity index (χ0v) is 10.7. The van der Waals surface area contributed by atoms with Gasteiger partial charge in [0.1, 0.15) is 5.82 Å². The first-order chi connectivity index (χ1) is 8.66. The summed E-state index contributed by atoms with van der Waals surface area (Å²) in [5, 5.41) is 3.31. The highest BCUT2D eigenvalue weighted by Gasteiger charge is 2.00. The number of aromatic nitrogens is 2. The molecule has 2 rings (SSSR count). The predicted molar refractivity (Wildman–Crippen MR) is 71.8 cm³/mol. The maximum absolute atomic E-state index is 11.1. The molecule has 94 valence electrons. The number of carbonyl (C=O) groups excluding carboxylic acids is 1. The van der Waals surface area contributed by atoms with Crippen LogP contribution in [0.15, 0.2) is 36.7 Å². The SMILES string of the molecule is CC(=O)c1ccc(NCCc2nccn2C)cc1. The number of benzene rings is 1. The fraction of sp³-hybridized carbons (Fsp3) is 0.286. The third-order valence-corrected chi connectivity index (χ3v) is 2.89. The fourth-order valence-corrected chi connectivity index (χ4v) is 1.78. The standard InChI is InChI=1S/C14H17N3O/c1-11(18)12-3-5-13(6-4-12)15-8-7-14-16-9-10-17(14)2/h3-6,9-10,15H,7-8H2,1-2H3. The average Bonchev–Trinajstić information content (AvgIpc) is 2.76. The zero-order valence-electron chi connectivity index (χ0n) is 10.7. The maximum Gasteiger partial charge on any atom is 0.159 e. The van der Waals surface area contributed by atoms with E-state index < -0.39 is 0 Å². The molecule has 0 amide bonds. The van der Waals surface area contributed by atoms with Gasteiger partial charge >= 0.3 is 0 Å². The lowest BCUT2D eigenvalue weighted by Gasteiger charge is -2.07. The van der Waals surface area contributed by atoms with Gasteiger partial charge in [-0.3, -0.25) is 4.79 Å². The first-order valence-corrected chi connectivity index (χ1v) is 5.98. The van der Waals surface area contributed by atoms with Gasteiger partial charge in [-0.15, -0.1) is 0 Å². The highest BCUT2D eigenvalue weighted by Crippen LogP contribution is 2.10. The van der Waals surface area contributed by atoms with Crippen LogP contribution in [0.3, 0.4) is 0 Å². The minimum Gasteiger partial charge on any atom is -0.385 e. The van der Waals surface area contributed by atoms with Crippen LogP contribution in [0.25, 0.3) is 0 Å². The van der Waals surface area contributed by atoms with Gasteiger partial charge in [-0.2, -0.15) is 0 Å². The van der Waals surface area contributed by atoms with Crippen LogP contribution >= 0.6 is 0 Å². The molecule has 2 aromatic rings. The molecule has 1 aromatic carbocycles. The highest BCUT2D eigenvalue weighted by atomic mass is 16.1. The number of anilines is 1. The van der Waals surface area contributed by atoms with Crippen molar-refractivity contribution in [3.8, 4) is 0 Å². The topological polar surface area (TPSA) is 46.9 Å². The third kappa shape index (κ3) is 2.97. The van der Waals surface area contributed by atoms with Crippen LogP contribution in [0.2, 0.25) is 0 Å². The van der Waals surface area contributed by atoms with Gasteiger partial charge < -0.3 is 9.88 Å². The molecule has 18 heavy (non-hydrogen) atoms. The van der Waals surface area contributed by atoms with Gasteiger partial charge in [-0.25, -0.2) is 4.98 Å². The van der Waals surface area contributed by atoms with Crippen molar-refractivity contribution in [1.29, 1.82) is 0 Å². The Bertz CT molecular complexity index is 528. The zero-order chi connectivity index (χ0) is 13.0. The van der Waals surface area contributed by atoms with Crippen molar-refractivity contribution in [3.63, 3.8) is 0 Å². The van der Waals surface area contributed by atoms with Gasteiger partial charge in [-0.05, 0) is 31.2 Å². The summed E-state index contributed by atoms with van der Waals surface area (Å²) in [6.45, 7) is 2.40. The van der Waals surface area contributed by atoms with E-state index in [1.165, 1.54) is 0 Å². The average molecular weight is 243 g/mol. The van der Waals surface area contributed by atoms with E-state index in [1.54, 1.807) is 13.1 Å². The third-order valence-electron chi connectivity index (χ3n) is 2.89. The summed E-state index contributed by atoms with van der Waals surface area (Å²) in [6, 6.07) is 7.53. The predicted octanol–water partition coefficient (Wildman–Crippen LogP) is 2.28. The van der Waals surface area contributed by atoms with Gasteiger partial charge in [0, 0.05) is 43.7 Å². The van der Waals surface area contributed by atoms with E-state index in [9.17, 15) is 4.79 Å². The van der Waals surface area contributed by atoms with Crippen molar-refractivity contribution in [2.75, 3.05) is 11.9 Å². The van der Waals surface area contributed by atoms with Crippen LogP contribution in [0, 0.1) is 0 Å². The fourth-order valence-electron chi connectivity index (χ4n) is 1.78. The minimum absolute atomic E-state index is 0.0922. The molecular weight excluding hydrogens is 226 g/mol. The Balaban J connectivity index is 1.87. The van der Waals surface area contributed by atoms with E-state index in [0.717, 1.165) is 30.0 Å². The smallest absolute Gasteiger partial charge is 0.159 e. The molecule has 0 aliphatic rings.